The monoisotopic (exact) mass is 323 g/mol. The quantitative estimate of drug-likeness (QED) is 0.788. The van der Waals surface area contributed by atoms with Crippen LogP contribution in [0.15, 0.2) is 24.3 Å². The Hall–Kier alpha value is -2.07. The van der Waals surface area contributed by atoms with Crippen molar-refractivity contribution in [3.63, 3.8) is 0 Å². The zero-order chi connectivity index (χ0) is 16.6. The van der Waals surface area contributed by atoms with Crippen LogP contribution in [0.5, 0.6) is 0 Å². The van der Waals surface area contributed by atoms with Gasteiger partial charge in [-0.3, -0.25) is 0 Å². The van der Waals surface area contributed by atoms with Crippen molar-refractivity contribution in [1.82, 2.24) is 10.6 Å². The van der Waals surface area contributed by atoms with Gasteiger partial charge in [-0.05, 0) is 37.5 Å². The highest BCUT2D eigenvalue weighted by Gasteiger charge is 2.10. The number of urea groups is 1. The fourth-order valence-corrected chi connectivity index (χ4v) is 2.64. The molecule has 0 aliphatic rings. The number of rotatable bonds is 7. The van der Waals surface area contributed by atoms with E-state index in [1.54, 1.807) is 25.1 Å². The zero-order valence-electron chi connectivity index (χ0n) is 12.8. The van der Waals surface area contributed by atoms with Gasteiger partial charge in [-0.25, -0.2) is 13.2 Å². The van der Waals surface area contributed by atoms with Crippen LogP contribution in [0, 0.1) is 11.3 Å². The number of nitrogens with zero attached hydrogens (tertiary/aromatic N) is 1. The van der Waals surface area contributed by atoms with Crippen LogP contribution in [0.2, 0.25) is 0 Å². The fraction of sp³-hybridized carbons (Fsp3) is 0.467. The summed E-state index contributed by atoms with van der Waals surface area (Å²) in [7, 11) is -3.01. The summed E-state index contributed by atoms with van der Waals surface area (Å²) in [5, 5.41) is 14.2. The molecule has 0 aromatic heterocycles. The maximum Gasteiger partial charge on any atom is 0.315 e. The molecule has 0 spiro atoms. The Bertz CT molecular complexity index is 650. The average Bonchev–Trinajstić information content (AvgIpc) is 2.44. The molecular weight excluding hydrogens is 302 g/mol. The van der Waals surface area contributed by atoms with Gasteiger partial charge in [-0.15, -0.1) is 0 Å². The topological polar surface area (TPSA) is 99.1 Å². The largest absolute Gasteiger partial charge is 0.338 e. The molecule has 1 atom stereocenters. The van der Waals surface area contributed by atoms with Crippen LogP contribution < -0.4 is 10.6 Å². The van der Waals surface area contributed by atoms with Crippen LogP contribution in [0.25, 0.3) is 0 Å². The van der Waals surface area contributed by atoms with E-state index in [0.29, 0.717) is 24.9 Å². The number of nitrogens with one attached hydrogen (secondary N) is 2. The molecule has 1 aromatic rings. The molecule has 0 saturated heterocycles. The fourth-order valence-electron chi connectivity index (χ4n) is 1.85. The molecule has 6 nitrogen and oxygen atoms in total. The summed E-state index contributed by atoms with van der Waals surface area (Å²) in [5.74, 6) is 0.0510. The molecule has 7 heteroatoms. The molecule has 1 rings (SSSR count). The minimum atomic E-state index is -3.01. The van der Waals surface area contributed by atoms with E-state index in [1.807, 2.05) is 6.07 Å². The SMILES string of the molecule is C[C@H](CCS(C)(=O)=O)NC(=O)NCCc1cccc(C#N)c1. The van der Waals surface area contributed by atoms with Crippen molar-refractivity contribution in [2.24, 2.45) is 0 Å². The number of hydrogen-bond acceptors (Lipinski definition) is 4. The van der Waals surface area contributed by atoms with Crippen molar-refractivity contribution in [3.8, 4) is 6.07 Å². The molecule has 0 saturated carbocycles. The third kappa shape index (κ3) is 7.64. The zero-order valence-corrected chi connectivity index (χ0v) is 13.6. The number of amides is 2. The van der Waals surface area contributed by atoms with Gasteiger partial charge in [0.1, 0.15) is 9.84 Å². The second-order valence-corrected chi connectivity index (χ2v) is 7.54. The Morgan fingerprint density at radius 1 is 1.41 bits per heavy atom. The molecule has 0 aliphatic carbocycles. The van der Waals surface area contributed by atoms with E-state index in [0.717, 1.165) is 5.56 Å². The lowest BCUT2D eigenvalue weighted by atomic mass is 10.1. The Morgan fingerprint density at radius 2 is 2.14 bits per heavy atom. The van der Waals surface area contributed by atoms with E-state index < -0.39 is 9.84 Å². The number of sulfone groups is 1. The van der Waals surface area contributed by atoms with Gasteiger partial charge >= 0.3 is 6.03 Å². The van der Waals surface area contributed by atoms with Crippen LogP contribution in [-0.2, 0) is 16.3 Å². The standard InChI is InChI=1S/C15H21N3O3S/c1-12(7-9-22(2,20)21)18-15(19)17-8-6-13-4-3-5-14(10-13)11-16/h3-5,10,12H,6-9H2,1-2H3,(H2,17,18,19)/t12-/m1/s1. The molecule has 120 valence electrons. The molecule has 0 radical (unpaired) electrons. The first-order valence-electron chi connectivity index (χ1n) is 7.01. The van der Waals surface area contributed by atoms with Crippen LogP contribution in [-0.4, -0.2) is 39.0 Å². The first-order chi connectivity index (χ1) is 10.3. The lowest BCUT2D eigenvalue weighted by Gasteiger charge is -2.14. The van der Waals surface area contributed by atoms with E-state index in [1.165, 1.54) is 6.26 Å². The third-order valence-electron chi connectivity index (χ3n) is 3.05. The molecular formula is C15H21N3O3S. The van der Waals surface area contributed by atoms with Crippen molar-refractivity contribution in [2.45, 2.75) is 25.8 Å². The maximum atomic E-state index is 11.7. The summed E-state index contributed by atoms with van der Waals surface area (Å²) in [6, 6.07) is 8.76. The Kier molecular flexibility index (Phi) is 6.86. The number of nitriles is 1. The Labute approximate surface area is 131 Å². The molecule has 0 fully saturated rings. The van der Waals surface area contributed by atoms with Crippen LogP contribution >= 0.6 is 0 Å². The van der Waals surface area contributed by atoms with Gasteiger partial charge in [-0.2, -0.15) is 5.26 Å². The van der Waals surface area contributed by atoms with Gasteiger partial charge in [-0.1, -0.05) is 12.1 Å². The predicted octanol–water partition coefficient (Wildman–Crippen LogP) is 1.22. The van der Waals surface area contributed by atoms with Crippen LogP contribution in [0.1, 0.15) is 24.5 Å². The highest BCUT2D eigenvalue weighted by Crippen LogP contribution is 2.04. The van der Waals surface area contributed by atoms with Gasteiger partial charge in [0.2, 0.25) is 0 Å². The van der Waals surface area contributed by atoms with E-state index in [9.17, 15) is 13.2 Å². The molecule has 0 bridgehead atoms. The van der Waals surface area contributed by atoms with E-state index in [2.05, 4.69) is 16.7 Å². The second kappa shape index (κ2) is 8.39. The van der Waals surface area contributed by atoms with Crippen molar-refractivity contribution < 1.29 is 13.2 Å². The lowest BCUT2D eigenvalue weighted by Crippen LogP contribution is -2.42. The molecule has 2 N–H and O–H groups in total. The summed E-state index contributed by atoms with van der Waals surface area (Å²) in [5.41, 5.74) is 1.57. The lowest BCUT2D eigenvalue weighted by molar-refractivity contribution is 0.237. The maximum absolute atomic E-state index is 11.7. The molecule has 0 heterocycles. The summed E-state index contributed by atoms with van der Waals surface area (Å²) in [4.78, 5) is 11.7. The van der Waals surface area contributed by atoms with Crippen molar-refractivity contribution in [3.05, 3.63) is 35.4 Å². The van der Waals surface area contributed by atoms with Crippen LogP contribution in [0.4, 0.5) is 4.79 Å². The van der Waals surface area contributed by atoms with Gasteiger partial charge in [0.05, 0.1) is 17.4 Å². The first kappa shape index (κ1) is 18.0. The van der Waals surface area contributed by atoms with E-state index >= 15 is 0 Å². The first-order valence-corrected chi connectivity index (χ1v) is 9.07. The molecule has 0 unspecified atom stereocenters. The van der Waals surface area contributed by atoms with Crippen LogP contribution in [0.3, 0.4) is 0 Å². The Balaban J connectivity index is 2.29. The number of benzene rings is 1. The van der Waals surface area contributed by atoms with E-state index in [-0.39, 0.29) is 17.8 Å². The average molecular weight is 323 g/mol. The molecule has 1 aromatic carbocycles. The number of hydrogen-bond donors (Lipinski definition) is 2. The highest BCUT2D eigenvalue weighted by atomic mass is 32.2. The van der Waals surface area contributed by atoms with Crippen molar-refractivity contribution >= 4 is 15.9 Å². The number of carbonyl (C=O) groups excluding carboxylic acids is 1. The third-order valence-corrected chi connectivity index (χ3v) is 4.03. The molecule has 0 aliphatic heterocycles. The summed E-state index contributed by atoms with van der Waals surface area (Å²) in [6.07, 6.45) is 2.19. The van der Waals surface area contributed by atoms with Gasteiger partial charge in [0.15, 0.2) is 0 Å². The van der Waals surface area contributed by atoms with Crippen molar-refractivity contribution in [1.29, 1.82) is 5.26 Å². The smallest absolute Gasteiger partial charge is 0.315 e. The van der Waals surface area contributed by atoms with Crippen molar-refractivity contribution in [2.75, 3.05) is 18.6 Å². The molecule has 22 heavy (non-hydrogen) atoms. The van der Waals surface area contributed by atoms with Gasteiger partial charge in [0, 0.05) is 18.8 Å². The Morgan fingerprint density at radius 3 is 2.77 bits per heavy atom. The minimum Gasteiger partial charge on any atom is -0.338 e. The predicted molar refractivity (Wildman–Crippen MR) is 85.2 cm³/mol. The normalized spacial score (nSPS) is 12.2. The van der Waals surface area contributed by atoms with Gasteiger partial charge in [0.25, 0.3) is 0 Å². The summed E-state index contributed by atoms with van der Waals surface area (Å²) >= 11 is 0. The highest BCUT2D eigenvalue weighted by molar-refractivity contribution is 7.90. The number of carbonyl (C=O) groups is 1. The summed E-state index contributed by atoms with van der Waals surface area (Å²) < 4.78 is 22.1. The molecule has 2 amide bonds. The summed E-state index contributed by atoms with van der Waals surface area (Å²) in [6.45, 7) is 2.21. The van der Waals surface area contributed by atoms with E-state index in [4.69, 9.17) is 5.26 Å². The second-order valence-electron chi connectivity index (χ2n) is 5.28. The minimum absolute atomic E-state index is 0.0510. The van der Waals surface area contributed by atoms with Gasteiger partial charge < -0.3 is 10.6 Å².